The second-order valence-corrected chi connectivity index (χ2v) is 6.78. The van der Waals surface area contributed by atoms with E-state index in [4.69, 9.17) is 16.3 Å². The first-order valence-corrected chi connectivity index (χ1v) is 9.21. The summed E-state index contributed by atoms with van der Waals surface area (Å²) < 4.78 is 5.09. The molecular formula is C18H15ClN4O3S. The van der Waals surface area contributed by atoms with Crippen LogP contribution in [0.2, 0.25) is 5.02 Å². The van der Waals surface area contributed by atoms with Crippen LogP contribution in [-0.4, -0.2) is 34.0 Å². The number of aromatic nitrogens is 3. The maximum Gasteiger partial charge on any atom is 0.278 e. The molecule has 1 amide bonds. The van der Waals surface area contributed by atoms with Crippen LogP contribution in [0.3, 0.4) is 0 Å². The summed E-state index contributed by atoms with van der Waals surface area (Å²) in [5.41, 5.74) is 1.04. The predicted molar refractivity (Wildman–Crippen MR) is 105 cm³/mol. The van der Waals surface area contributed by atoms with Gasteiger partial charge in [0.15, 0.2) is 10.9 Å². The van der Waals surface area contributed by atoms with Gasteiger partial charge in [-0.2, -0.15) is 0 Å². The van der Waals surface area contributed by atoms with Crippen molar-refractivity contribution in [3.05, 3.63) is 63.9 Å². The Balaban J connectivity index is 1.63. The van der Waals surface area contributed by atoms with E-state index in [1.54, 1.807) is 55.6 Å². The molecule has 3 aromatic rings. The minimum absolute atomic E-state index is 0.0685. The van der Waals surface area contributed by atoms with Crippen molar-refractivity contribution < 1.29 is 9.53 Å². The standard InChI is InChI=1S/C18H15ClN4O3S/c1-26-14-7-5-11(6-8-14)16-17(25)21-18(23-22-16)27-10-15(24)20-13-4-2-3-12(19)9-13/h2-9H,10H2,1H3,(H,20,24)(H,21,23,25). The molecule has 1 aromatic heterocycles. The van der Waals surface area contributed by atoms with Crippen molar-refractivity contribution in [1.82, 2.24) is 15.2 Å². The SMILES string of the molecule is COc1ccc(-c2nnc(SCC(=O)Nc3cccc(Cl)c3)[nH]c2=O)cc1. The van der Waals surface area contributed by atoms with Crippen LogP contribution < -0.4 is 15.6 Å². The van der Waals surface area contributed by atoms with Crippen LogP contribution in [0.4, 0.5) is 5.69 Å². The van der Waals surface area contributed by atoms with Crippen LogP contribution in [-0.2, 0) is 4.79 Å². The van der Waals surface area contributed by atoms with Gasteiger partial charge in [-0.05, 0) is 42.5 Å². The largest absolute Gasteiger partial charge is 0.497 e. The van der Waals surface area contributed by atoms with Crippen molar-refractivity contribution in [1.29, 1.82) is 0 Å². The number of anilines is 1. The van der Waals surface area contributed by atoms with Crippen LogP contribution in [0.15, 0.2) is 58.5 Å². The number of carbonyl (C=O) groups is 1. The molecule has 0 saturated carbocycles. The summed E-state index contributed by atoms with van der Waals surface area (Å²) in [4.78, 5) is 26.9. The average Bonchev–Trinajstić information content (AvgIpc) is 2.67. The van der Waals surface area contributed by atoms with Crippen molar-refractivity contribution in [2.24, 2.45) is 0 Å². The summed E-state index contributed by atoms with van der Waals surface area (Å²) >= 11 is 6.96. The molecule has 27 heavy (non-hydrogen) atoms. The zero-order valence-electron chi connectivity index (χ0n) is 14.2. The number of thioether (sulfide) groups is 1. The summed E-state index contributed by atoms with van der Waals surface area (Å²) in [7, 11) is 1.57. The van der Waals surface area contributed by atoms with Gasteiger partial charge in [0.25, 0.3) is 5.56 Å². The number of hydrogen-bond acceptors (Lipinski definition) is 6. The third-order valence-electron chi connectivity index (χ3n) is 3.49. The van der Waals surface area contributed by atoms with Gasteiger partial charge >= 0.3 is 0 Å². The van der Waals surface area contributed by atoms with Crippen molar-refractivity contribution >= 4 is 35.0 Å². The number of aromatic amines is 1. The van der Waals surface area contributed by atoms with Gasteiger partial charge in [-0.15, -0.1) is 10.2 Å². The normalized spacial score (nSPS) is 10.4. The molecule has 3 rings (SSSR count). The summed E-state index contributed by atoms with van der Waals surface area (Å²) in [5, 5.41) is 11.5. The number of hydrogen-bond donors (Lipinski definition) is 2. The van der Waals surface area contributed by atoms with Crippen molar-refractivity contribution in [3.8, 4) is 17.0 Å². The van der Waals surface area contributed by atoms with E-state index in [1.165, 1.54) is 0 Å². The fourth-order valence-corrected chi connectivity index (χ4v) is 3.02. The van der Waals surface area contributed by atoms with E-state index in [1.807, 2.05) is 0 Å². The maximum absolute atomic E-state index is 12.3. The first-order valence-electron chi connectivity index (χ1n) is 7.85. The molecule has 0 bridgehead atoms. The number of nitrogens with one attached hydrogen (secondary N) is 2. The number of benzene rings is 2. The maximum atomic E-state index is 12.3. The number of amides is 1. The molecule has 2 aromatic carbocycles. The Morgan fingerprint density at radius 2 is 2.00 bits per heavy atom. The summed E-state index contributed by atoms with van der Waals surface area (Å²) in [6, 6.07) is 13.8. The van der Waals surface area contributed by atoms with Crippen LogP contribution in [0.25, 0.3) is 11.3 Å². The predicted octanol–water partition coefficient (Wildman–Crippen LogP) is 3.22. The highest BCUT2D eigenvalue weighted by atomic mass is 35.5. The number of rotatable bonds is 6. The molecule has 0 aliphatic heterocycles. The van der Waals surface area contributed by atoms with E-state index < -0.39 is 0 Å². The van der Waals surface area contributed by atoms with Gasteiger partial charge in [-0.1, -0.05) is 29.4 Å². The number of halogens is 1. The van der Waals surface area contributed by atoms with E-state index in [9.17, 15) is 9.59 Å². The Kier molecular flexibility index (Phi) is 6.10. The highest BCUT2D eigenvalue weighted by molar-refractivity contribution is 7.99. The van der Waals surface area contributed by atoms with Crippen molar-refractivity contribution in [2.75, 3.05) is 18.2 Å². The van der Waals surface area contributed by atoms with E-state index in [0.717, 1.165) is 11.8 Å². The molecule has 0 spiro atoms. The second-order valence-electron chi connectivity index (χ2n) is 5.38. The molecule has 0 radical (unpaired) electrons. The third-order valence-corrected chi connectivity index (χ3v) is 4.59. The van der Waals surface area contributed by atoms with Crippen LogP contribution in [0.1, 0.15) is 0 Å². The molecule has 7 nitrogen and oxygen atoms in total. The molecule has 0 aliphatic carbocycles. The number of ether oxygens (including phenoxy) is 1. The fraction of sp³-hybridized carbons (Fsp3) is 0.111. The van der Waals surface area contributed by atoms with Crippen molar-refractivity contribution in [2.45, 2.75) is 5.16 Å². The molecule has 1 heterocycles. The average molecular weight is 403 g/mol. The number of carbonyl (C=O) groups excluding carboxylic acids is 1. The monoisotopic (exact) mass is 402 g/mol. The topological polar surface area (TPSA) is 97.0 Å². The molecule has 0 fully saturated rings. The Morgan fingerprint density at radius 1 is 1.22 bits per heavy atom. The first-order chi connectivity index (χ1) is 13.0. The van der Waals surface area contributed by atoms with Gasteiger partial charge in [0.05, 0.1) is 12.9 Å². The van der Waals surface area contributed by atoms with Gasteiger partial charge in [0, 0.05) is 16.3 Å². The molecule has 0 saturated heterocycles. The van der Waals surface area contributed by atoms with Gasteiger partial charge in [0.2, 0.25) is 5.91 Å². The second kappa shape index (κ2) is 8.70. The lowest BCUT2D eigenvalue weighted by molar-refractivity contribution is -0.113. The van der Waals surface area contributed by atoms with E-state index in [2.05, 4.69) is 20.5 Å². The minimum atomic E-state index is -0.382. The summed E-state index contributed by atoms with van der Waals surface area (Å²) in [5.74, 6) is 0.504. The lowest BCUT2D eigenvalue weighted by Gasteiger charge is -2.05. The molecule has 0 atom stereocenters. The lowest BCUT2D eigenvalue weighted by atomic mass is 10.1. The molecule has 0 aliphatic rings. The zero-order valence-corrected chi connectivity index (χ0v) is 15.8. The Labute approximate surface area is 164 Å². The fourth-order valence-electron chi connectivity index (χ4n) is 2.22. The molecule has 2 N–H and O–H groups in total. The molecule has 0 unspecified atom stereocenters. The number of methoxy groups -OCH3 is 1. The highest BCUT2D eigenvalue weighted by Gasteiger charge is 2.10. The van der Waals surface area contributed by atoms with Crippen LogP contribution in [0, 0.1) is 0 Å². The Hall–Kier alpha value is -2.84. The quantitative estimate of drug-likeness (QED) is 0.614. The van der Waals surface area contributed by atoms with Gasteiger partial charge in [-0.25, -0.2) is 0 Å². The van der Waals surface area contributed by atoms with E-state index >= 15 is 0 Å². The third kappa shape index (κ3) is 5.08. The first kappa shape index (κ1) is 18.9. The summed E-state index contributed by atoms with van der Waals surface area (Å²) in [6.07, 6.45) is 0. The van der Waals surface area contributed by atoms with Crippen molar-refractivity contribution in [3.63, 3.8) is 0 Å². The van der Waals surface area contributed by atoms with Crippen LogP contribution >= 0.6 is 23.4 Å². The summed E-state index contributed by atoms with van der Waals surface area (Å²) in [6.45, 7) is 0. The lowest BCUT2D eigenvalue weighted by Crippen LogP contribution is -2.17. The number of nitrogens with zero attached hydrogens (tertiary/aromatic N) is 2. The Bertz CT molecular complexity index is 1010. The van der Waals surface area contributed by atoms with Gasteiger partial charge in [0.1, 0.15) is 5.75 Å². The molecular weight excluding hydrogens is 388 g/mol. The van der Waals surface area contributed by atoms with E-state index in [0.29, 0.717) is 22.0 Å². The van der Waals surface area contributed by atoms with Gasteiger partial charge < -0.3 is 10.1 Å². The number of H-pyrrole nitrogens is 1. The molecule has 9 heteroatoms. The van der Waals surface area contributed by atoms with Gasteiger partial charge in [-0.3, -0.25) is 14.6 Å². The Morgan fingerprint density at radius 3 is 2.67 bits per heavy atom. The van der Waals surface area contributed by atoms with E-state index in [-0.39, 0.29) is 28.1 Å². The van der Waals surface area contributed by atoms with Crippen LogP contribution in [0.5, 0.6) is 5.75 Å². The highest BCUT2D eigenvalue weighted by Crippen LogP contribution is 2.19. The minimum Gasteiger partial charge on any atom is -0.497 e. The zero-order chi connectivity index (χ0) is 19.2. The molecule has 138 valence electrons. The smallest absolute Gasteiger partial charge is 0.278 e.